The van der Waals surface area contributed by atoms with Crippen molar-refractivity contribution in [1.29, 1.82) is 0 Å². The topological polar surface area (TPSA) is 37.4 Å². The van der Waals surface area contributed by atoms with Crippen LogP contribution in [0.15, 0.2) is 36.5 Å². The van der Waals surface area contributed by atoms with Crippen molar-refractivity contribution < 1.29 is 4.74 Å². The van der Waals surface area contributed by atoms with Crippen LogP contribution in [0.25, 0.3) is 0 Å². The largest absolute Gasteiger partial charge is 0.492 e. The van der Waals surface area contributed by atoms with Crippen molar-refractivity contribution >= 4 is 17.3 Å². The lowest BCUT2D eigenvalue weighted by Crippen LogP contribution is -2.38. The van der Waals surface area contributed by atoms with E-state index in [1.54, 1.807) is 0 Å². The highest BCUT2D eigenvalue weighted by molar-refractivity contribution is 6.32. The van der Waals surface area contributed by atoms with Crippen molar-refractivity contribution in [1.82, 2.24) is 9.88 Å². The molecule has 0 atom stereocenters. The number of likely N-dealkylation sites (tertiary alicyclic amines) is 1. The van der Waals surface area contributed by atoms with Crippen LogP contribution in [0.4, 0.5) is 5.69 Å². The molecule has 134 valence electrons. The van der Waals surface area contributed by atoms with E-state index in [0.717, 1.165) is 43.9 Å². The Morgan fingerprint density at radius 3 is 2.76 bits per heavy atom. The summed E-state index contributed by atoms with van der Waals surface area (Å²) in [5, 5.41) is 4.32. The van der Waals surface area contributed by atoms with Gasteiger partial charge in [0.2, 0.25) is 0 Å². The number of ether oxygens (including phenoxy) is 1. The summed E-state index contributed by atoms with van der Waals surface area (Å²) in [6.45, 7) is 7.76. The second-order valence-electron chi connectivity index (χ2n) is 6.58. The van der Waals surface area contributed by atoms with Crippen LogP contribution in [0, 0.1) is 6.92 Å². The molecule has 1 aromatic carbocycles. The van der Waals surface area contributed by atoms with Crippen molar-refractivity contribution in [3.8, 4) is 5.75 Å². The average molecular weight is 360 g/mol. The molecule has 1 aliphatic rings. The number of benzene rings is 1. The SMILES string of the molecule is CCOc1cc(CN2CCC(Nc3ccnc(C)c3)CC2)ccc1Cl. The van der Waals surface area contributed by atoms with Gasteiger partial charge in [0, 0.05) is 43.3 Å². The molecule has 5 heteroatoms. The number of hydrogen-bond acceptors (Lipinski definition) is 4. The molecule has 0 spiro atoms. The van der Waals surface area contributed by atoms with E-state index < -0.39 is 0 Å². The van der Waals surface area contributed by atoms with E-state index in [9.17, 15) is 0 Å². The van der Waals surface area contributed by atoms with E-state index in [1.165, 1.54) is 11.3 Å². The molecular weight excluding hydrogens is 334 g/mol. The number of anilines is 1. The van der Waals surface area contributed by atoms with Crippen LogP contribution in [0.3, 0.4) is 0 Å². The highest BCUT2D eigenvalue weighted by Crippen LogP contribution is 2.27. The summed E-state index contributed by atoms with van der Waals surface area (Å²) < 4.78 is 5.59. The van der Waals surface area contributed by atoms with E-state index >= 15 is 0 Å². The Labute approximate surface area is 155 Å². The normalized spacial score (nSPS) is 16.0. The Hall–Kier alpha value is -1.78. The zero-order valence-electron chi connectivity index (χ0n) is 15.0. The maximum atomic E-state index is 6.17. The molecule has 1 N–H and O–H groups in total. The third kappa shape index (κ3) is 5.10. The first-order valence-electron chi connectivity index (χ1n) is 8.97. The molecule has 1 saturated heterocycles. The molecule has 0 aliphatic carbocycles. The molecule has 0 bridgehead atoms. The Morgan fingerprint density at radius 1 is 1.24 bits per heavy atom. The Kier molecular flexibility index (Phi) is 6.16. The molecule has 1 aliphatic heterocycles. The van der Waals surface area contributed by atoms with Crippen molar-refractivity contribution in [2.24, 2.45) is 0 Å². The van der Waals surface area contributed by atoms with Gasteiger partial charge in [-0.2, -0.15) is 0 Å². The van der Waals surface area contributed by atoms with Crippen molar-refractivity contribution in [2.45, 2.75) is 39.3 Å². The van der Waals surface area contributed by atoms with Crippen molar-refractivity contribution in [3.63, 3.8) is 0 Å². The minimum absolute atomic E-state index is 0.530. The third-order valence-corrected chi connectivity index (χ3v) is 4.87. The van der Waals surface area contributed by atoms with Crippen LogP contribution in [0.2, 0.25) is 5.02 Å². The molecule has 0 saturated carbocycles. The molecular formula is C20H26ClN3O. The lowest BCUT2D eigenvalue weighted by Gasteiger charge is -2.33. The Balaban J connectivity index is 1.51. The number of nitrogens with one attached hydrogen (secondary N) is 1. The van der Waals surface area contributed by atoms with Gasteiger partial charge < -0.3 is 10.1 Å². The molecule has 2 aromatic rings. The zero-order valence-corrected chi connectivity index (χ0v) is 15.7. The van der Waals surface area contributed by atoms with Crippen LogP contribution in [0.5, 0.6) is 5.75 Å². The van der Waals surface area contributed by atoms with Crippen LogP contribution >= 0.6 is 11.6 Å². The van der Waals surface area contributed by atoms with Gasteiger partial charge in [0.05, 0.1) is 11.6 Å². The predicted octanol–water partition coefficient (Wildman–Crippen LogP) is 4.52. The quantitative estimate of drug-likeness (QED) is 0.822. The number of rotatable bonds is 6. The standard InChI is InChI=1S/C20H26ClN3O/c1-3-25-20-13-16(4-5-19(20)21)14-24-10-7-17(8-11-24)23-18-6-9-22-15(2)12-18/h4-6,9,12-13,17H,3,7-8,10-11,14H2,1-2H3,(H,22,23). The Bertz CT molecular complexity index is 699. The van der Waals surface area contributed by atoms with Crippen LogP contribution < -0.4 is 10.1 Å². The summed E-state index contributed by atoms with van der Waals surface area (Å²) in [6, 6.07) is 10.8. The summed E-state index contributed by atoms with van der Waals surface area (Å²) >= 11 is 6.17. The number of nitrogens with zero attached hydrogens (tertiary/aromatic N) is 2. The highest BCUT2D eigenvalue weighted by atomic mass is 35.5. The number of piperidine rings is 1. The minimum atomic E-state index is 0.530. The molecule has 1 aromatic heterocycles. The van der Waals surface area contributed by atoms with E-state index in [2.05, 4.69) is 33.4 Å². The summed E-state index contributed by atoms with van der Waals surface area (Å²) in [7, 11) is 0. The van der Waals surface area contributed by atoms with Gasteiger partial charge in [-0.1, -0.05) is 17.7 Å². The van der Waals surface area contributed by atoms with Gasteiger partial charge >= 0.3 is 0 Å². The summed E-state index contributed by atoms with van der Waals surface area (Å²) in [4.78, 5) is 6.75. The molecule has 2 heterocycles. The van der Waals surface area contributed by atoms with Gasteiger partial charge in [-0.15, -0.1) is 0 Å². The Morgan fingerprint density at radius 2 is 2.04 bits per heavy atom. The first kappa shape index (κ1) is 18.0. The van der Waals surface area contributed by atoms with Gasteiger partial charge in [0.1, 0.15) is 5.75 Å². The summed E-state index contributed by atoms with van der Waals surface area (Å²) in [5.41, 5.74) is 3.48. The van der Waals surface area contributed by atoms with E-state index in [0.29, 0.717) is 17.7 Å². The second kappa shape index (κ2) is 8.54. The van der Waals surface area contributed by atoms with Crippen LogP contribution in [0.1, 0.15) is 31.0 Å². The minimum Gasteiger partial charge on any atom is -0.492 e. The molecule has 0 amide bonds. The maximum absolute atomic E-state index is 6.17. The molecule has 1 fully saturated rings. The van der Waals surface area contributed by atoms with E-state index in [4.69, 9.17) is 16.3 Å². The fourth-order valence-corrected chi connectivity index (χ4v) is 3.45. The van der Waals surface area contributed by atoms with Gasteiger partial charge in [-0.25, -0.2) is 0 Å². The predicted molar refractivity (Wildman–Crippen MR) is 104 cm³/mol. The van der Waals surface area contributed by atoms with Gasteiger partial charge in [0.25, 0.3) is 0 Å². The van der Waals surface area contributed by atoms with Gasteiger partial charge in [-0.05, 0) is 56.5 Å². The monoisotopic (exact) mass is 359 g/mol. The van der Waals surface area contributed by atoms with Crippen molar-refractivity contribution in [2.75, 3.05) is 25.0 Å². The van der Waals surface area contributed by atoms with E-state index in [-0.39, 0.29) is 0 Å². The lowest BCUT2D eigenvalue weighted by atomic mass is 10.0. The van der Waals surface area contributed by atoms with Crippen LogP contribution in [-0.2, 0) is 6.54 Å². The smallest absolute Gasteiger partial charge is 0.138 e. The number of aryl methyl sites for hydroxylation is 1. The van der Waals surface area contributed by atoms with E-state index in [1.807, 2.05) is 32.2 Å². The van der Waals surface area contributed by atoms with Gasteiger partial charge in [0.15, 0.2) is 0 Å². The summed E-state index contributed by atoms with van der Waals surface area (Å²) in [5.74, 6) is 0.784. The third-order valence-electron chi connectivity index (χ3n) is 4.56. The first-order chi connectivity index (χ1) is 12.1. The van der Waals surface area contributed by atoms with Crippen molar-refractivity contribution in [3.05, 3.63) is 52.8 Å². The zero-order chi connectivity index (χ0) is 17.6. The number of aromatic nitrogens is 1. The molecule has 0 radical (unpaired) electrons. The number of halogens is 1. The fraction of sp³-hybridized carbons (Fsp3) is 0.450. The van der Waals surface area contributed by atoms with Crippen LogP contribution in [-0.4, -0.2) is 35.6 Å². The fourth-order valence-electron chi connectivity index (χ4n) is 3.28. The number of pyridine rings is 1. The number of hydrogen-bond donors (Lipinski definition) is 1. The highest BCUT2D eigenvalue weighted by Gasteiger charge is 2.19. The second-order valence-corrected chi connectivity index (χ2v) is 6.99. The summed E-state index contributed by atoms with van der Waals surface area (Å²) in [6.07, 6.45) is 4.16. The maximum Gasteiger partial charge on any atom is 0.138 e. The average Bonchev–Trinajstić information content (AvgIpc) is 2.60. The molecule has 3 rings (SSSR count). The van der Waals surface area contributed by atoms with Gasteiger partial charge in [-0.3, -0.25) is 9.88 Å². The lowest BCUT2D eigenvalue weighted by molar-refractivity contribution is 0.211. The first-order valence-corrected chi connectivity index (χ1v) is 9.34. The molecule has 4 nitrogen and oxygen atoms in total. The molecule has 25 heavy (non-hydrogen) atoms. The molecule has 0 unspecified atom stereocenters.